The first kappa shape index (κ1) is 10.6. The number of hydrogen-bond acceptors (Lipinski definition) is 3. The molecule has 0 atom stereocenters. The normalized spacial score (nSPS) is 9.23. The average Bonchev–Trinajstić information content (AvgIpc) is 2.53. The van der Waals surface area contributed by atoms with Gasteiger partial charge in [0.25, 0.3) is 0 Å². The monoisotopic (exact) mass is 202 g/mol. The van der Waals surface area contributed by atoms with E-state index < -0.39 is 0 Å². The van der Waals surface area contributed by atoms with Gasteiger partial charge < -0.3 is 1.43 Å². The summed E-state index contributed by atoms with van der Waals surface area (Å²) in [7, 11) is 0. The van der Waals surface area contributed by atoms with Gasteiger partial charge in [0.05, 0.1) is 5.69 Å². The molecule has 2 rings (SSSR count). The number of H-pyrrole nitrogens is 1. The number of hydrogen-bond donors (Lipinski definition) is 1. The SMILES string of the molecule is S=c1nn[nH]n1-c1ccccc1.[H-].[Na+]. The Balaban J connectivity index is 0.000000845. The fourth-order valence-electron chi connectivity index (χ4n) is 0.943. The summed E-state index contributed by atoms with van der Waals surface area (Å²) in [6.45, 7) is 0. The average molecular weight is 202 g/mol. The van der Waals surface area contributed by atoms with E-state index in [1.165, 1.54) is 0 Å². The first-order valence-electron chi connectivity index (χ1n) is 3.43. The third kappa shape index (κ3) is 2.25. The van der Waals surface area contributed by atoms with Crippen molar-refractivity contribution in [2.24, 2.45) is 0 Å². The topological polar surface area (TPSA) is 46.5 Å². The molecule has 0 bridgehead atoms. The zero-order chi connectivity index (χ0) is 8.39. The van der Waals surface area contributed by atoms with E-state index in [1.54, 1.807) is 4.68 Å². The van der Waals surface area contributed by atoms with E-state index in [4.69, 9.17) is 12.2 Å². The summed E-state index contributed by atoms with van der Waals surface area (Å²) in [5, 5.41) is 9.92. The number of nitrogens with zero attached hydrogens (tertiary/aromatic N) is 3. The Kier molecular flexibility index (Phi) is 3.80. The van der Waals surface area contributed by atoms with Gasteiger partial charge in [-0.3, -0.25) is 0 Å². The fraction of sp³-hybridized carbons (Fsp3) is 0. The summed E-state index contributed by atoms with van der Waals surface area (Å²) in [5.41, 5.74) is 0.938. The van der Waals surface area contributed by atoms with Crippen LogP contribution in [-0.2, 0) is 0 Å². The molecule has 62 valence electrons. The van der Waals surface area contributed by atoms with Gasteiger partial charge in [-0.1, -0.05) is 28.5 Å². The minimum atomic E-state index is 0. The van der Waals surface area contributed by atoms with Crippen molar-refractivity contribution in [3.05, 3.63) is 35.1 Å². The third-order valence-corrected chi connectivity index (χ3v) is 1.75. The molecule has 1 N–H and O–H groups in total. The second-order valence-electron chi connectivity index (χ2n) is 2.25. The molecule has 13 heavy (non-hydrogen) atoms. The molecule has 6 heteroatoms. The van der Waals surface area contributed by atoms with Crippen LogP contribution in [0, 0.1) is 4.77 Å². The summed E-state index contributed by atoms with van der Waals surface area (Å²) < 4.78 is 2.07. The molecule has 0 saturated heterocycles. The van der Waals surface area contributed by atoms with Crippen molar-refractivity contribution in [3.8, 4) is 5.69 Å². The van der Waals surface area contributed by atoms with Crippen molar-refractivity contribution in [1.29, 1.82) is 0 Å². The number of tetrazole rings is 1. The standard InChI is InChI=1S/C7H6N4S.Na.H/c12-7-8-9-10-11(7)6-4-2-1-3-5-6;;/h1-5H,(H,8,10,12);;/q;+1;-1. The quantitative estimate of drug-likeness (QED) is 0.449. The molecule has 0 aliphatic carbocycles. The zero-order valence-electron chi connectivity index (χ0n) is 8.14. The number of aromatic nitrogens is 4. The van der Waals surface area contributed by atoms with Crippen LogP contribution in [-0.4, -0.2) is 20.2 Å². The number of nitrogens with one attached hydrogen (secondary N) is 1. The second kappa shape index (κ2) is 4.66. The van der Waals surface area contributed by atoms with Gasteiger partial charge in [-0.05, 0) is 24.4 Å². The predicted octanol–water partition coefficient (Wildman–Crippen LogP) is -1.56. The molecule has 0 radical (unpaired) electrons. The van der Waals surface area contributed by atoms with Crippen LogP contribution in [0.2, 0.25) is 0 Å². The van der Waals surface area contributed by atoms with E-state index >= 15 is 0 Å². The molecule has 0 aliphatic heterocycles. The van der Waals surface area contributed by atoms with Gasteiger partial charge in [0, 0.05) is 0 Å². The van der Waals surface area contributed by atoms with Crippen molar-refractivity contribution in [2.45, 2.75) is 0 Å². The molecule has 2 aromatic rings. The van der Waals surface area contributed by atoms with E-state index in [2.05, 4.69) is 15.5 Å². The Hall–Kier alpha value is -0.490. The van der Waals surface area contributed by atoms with Crippen LogP contribution in [0.25, 0.3) is 5.69 Å². The van der Waals surface area contributed by atoms with Crippen LogP contribution in [0.1, 0.15) is 1.43 Å². The van der Waals surface area contributed by atoms with Gasteiger partial charge in [-0.15, -0.1) is 0 Å². The Morgan fingerprint density at radius 2 is 2.00 bits per heavy atom. The maximum Gasteiger partial charge on any atom is 1.00 e. The predicted molar refractivity (Wildman–Crippen MR) is 47.7 cm³/mol. The Labute approximate surface area is 104 Å². The van der Waals surface area contributed by atoms with Crippen LogP contribution in [0.3, 0.4) is 0 Å². The van der Waals surface area contributed by atoms with Gasteiger partial charge in [0.15, 0.2) is 0 Å². The first-order chi connectivity index (χ1) is 5.88. The van der Waals surface area contributed by atoms with E-state index in [1.807, 2.05) is 30.3 Å². The molecular weight excluding hydrogens is 195 g/mol. The van der Waals surface area contributed by atoms with Crippen LogP contribution in [0.5, 0.6) is 0 Å². The maximum absolute atomic E-state index is 4.93. The van der Waals surface area contributed by atoms with E-state index in [0.717, 1.165) is 5.69 Å². The number of aromatic amines is 1. The van der Waals surface area contributed by atoms with E-state index in [0.29, 0.717) is 4.77 Å². The summed E-state index contributed by atoms with van der Waals surface area (Å²) in [6, 6.07) is 9.65. The van der Waals surface area contributed by atoms with Crippen molar-refractivity contribution in [3.63, 3.8) is 0 Å². The molecule has 0 amide bonds. The summed E-state index contributed by atoms with van der Waals surface area (Å²) in [6.07, 6.45) is 0. The van der Waals surface area contributed by atoms with E-state index in [-0.39, 0.29) is 31.0 Å². The number of rotatable bonds is 1. The smallest absolute Gasteiger partial charge is 1.00 e. The molecule has 0 fully saturated rings. The van der Waals surface area contributed by atoms with Gasteiger partial charge in [0.1, 0.15) is 0 Å². The van der Waals surface area contributed by atoms with Crippen LogP contribution < -0.4 is 29.6 Å². The molecule has 1 heterocycles. The Morgan fingerprint density at radius 1 is 1.31 bits per heavy atom. The zero-order valence-corrected chi connectivity index (χ0v) is 9.95. The molecule has 4 nitrogen and oxygen atoms in total. The number of para-hydroxylation sites is 1. The van der Waals surface area contributed by atoms with Crippen LogP contribution in [0.15, 0.2) is 30.3 Å². The van der Waals surface area contributed by atoms with Crippen molar-refractivity contribution in [1.82, 2.24) is 20.2 Å². The van der Waals surface area contributed by atoms with E-state index in [9.17, 15) is 0 Å². The summed E-state index contributed by atoms with van der Waals surface area (Å²) >= 11 is 4.93. The largest absolute Gasteiger partial charge is 1.00 e. The first-order valence-corrected chi connectivity index (χ1v) is 3.84. The maximum atomic E-state index is 4.93. The Morgan fingerprint density at radius 3 is 2.54 bits per heavy atom. The van der Waals surface area contributed by atoms with Crippen molar-refractivity contribution in [2.75, 3.05) is 0 Å². The van der Waals surface area contributed by atoms with Gasteiger partial charge in [-0.2, -0.15) is 5.21 Å². The minimum Gasteiger partial charge on any atom is -1.00 e. The van der Waals surface area contributed by atoms with Crippen LogP contribution in [0.4, 0.5) is 0 Å². The third-order valence-electron chi connectivity index (χ3n) is 1.49. The van der Waals surface area contributed by atoms with Gasteiger partial charge in [0.2, 0.25) is 4.77 Å². The molecule has 0 aliphatic rings. The Bertz CT molecular complexity index is 427. The van der Waals surface area contributed by atoms with Crippen molar-refractivity contribution >= 4 is 12.2 Å². The fourth-order valence-corrected chi connectivity index (χ4v) is 1.13. The molecule has 1 aromatic carbocycles. The molecule has 0 spiro atoms. The van der Waals surface area contributed by atoms with Gasteiger partial charge >= 0.3 is 29.6 Å². The minimum absolute atomic E-state index is 0. The molecule has 0 unspecified atom stereocenters. The van der Waals surface area contributed by atoms with Gasteiger partial charge in [-0.25, -0.2) is 4.68 Å². The molecular formula is C7H7N4NaS. The van der Waals surface area contributed by atoms with Crippen molar-refractivity contribution < 1.29 is 31.0 Å². The van der Waals surface area contributed by atoms with Crippen LogP contribution >= 0.6 is 12.2 Å². The number of benzene rings is 1. The molecule has 1 aromatic heterocycles. The summed E-state index contributed by atoms with van der Waals surface area (Å²) in [4.78, 5) is 0. The summed E-state index contributed by atoms with van der Waals surface area (Å²) in [5.74, 6) is 0. The second-order valence-corrected chi connectivity index (χ2v) is 2.62. The molecule has 0 saturated carbocycles.